The summed E-state index contributed by atoms with van der Waals surface area (Å²) in [4.78, 5) is 18.7. The van der Waals surface area contributed by atoms with Crippen molar-refractivity contribution in [1.82, 2.24) is 9.88 Å². The van der Waals surface area contributed by atoms with Crippen LogP contribution < -0.4 is 5.73 Å². The number of pyridine rings is 1. The van der Waals surface area contributed by atoms with E-state index in [9.17, 15) is 4.79 Å². The molecule has 104 valence electrons. The minimum atomic E-state index is 0.105. The fraction of sp³-hybridized carbons (Fsp3) is 0.600. The maximum absolute atomic E-state index is 12.6. The fourth-order valence-corrected chi connectivity index (χ4v) is 2.76. The number of amides is 1. The highest BCUT2D eigenvalue weighted by molar-refractivity contribution is 5.94. The Morgan fingerprint density at radius 3 is 2.79 bits per heavy atom. The summed E-state index contributed by atoms with van der Waals surface area (Å²) in [6.07, 6.45) is 10.2. The van der Waals surface area contributed by atoms with E-state index in [0.717, 1.165) is 25.8 Å². The van der Waals surface area contributed by atoms with Gasteiger partial charge in [0.25, 0.3) is 5.91 Å². The SMILES string of the molecule is NCCCN(C(=O)c1cccnc1)C1CCCCC1. The van der Waals surface area contributed by atoms with Crippen LogP contribution >= 0.6 is 0 Å². The van der Waals surface area contributed by atoms with E-state index in [2.05, 4.69) is 4.98 Å². The van der Waals surface area contributed by atoms with Crippen molar-refractivity contribution >= 4 is 5.91 Å². The van der Waals surface area contributed by atoms with Gasteiger partial charge in [0.2, 0.25) is 0 Å². The van der Waals surface area contributed by atoms with Gasteiger partial charge in [0.15, 0.2) is 0 Å². The standard InChI is InChI=1S/C15H23N3O/c16-9-5-11-18(14-7-2-1-3-8-14)15(19)13-6-4-10-17-12-13/h4,6,10,12,14H,1-3,5,7-9,11,16H2. The first kappa shape index (κ1) is 14.0. The first-order valence-corrected chi connectivity index (χ1v) is 7.24. The Hall–Kier alpha value is -1.42. The van der Waals surface area contributed by atoms with Gasteiger partial charge in [0.1, 0.15) is 0 Å². The van der Waals surface area contributed by atoms with Crippen molar-refractivity contribution in [3.8, 4) is 0 Å². The zero-order chi connectivity index (χ0) is 13.5. The summed E-state index contributed by atoms with van der Waals surface area (Å²) in [5.41, 5.74) is 6.28. The lowest BCUT2D eigenvalue weighted by atomic mass is 9.93. The lowest BCUT2D eigenvalue weighted by Crippen LogP contribution is -2.42. The van der Waals surface area contributed by atoms with Gasteiger partial charge in [-0.2, -0.15) is 0 Å². The second-order valence-corrected chi connectivity index (χ2v) is 5.17. The van der Waals surface area contributed by atoms with Crippen LogP contribution in [0.4, 0.5) is 0 Å². The van der Waals surface area contributed by atoms with Gasteiger partial charge >= 0.3 is 0 Å². The van der Waals surface area contributed by atoms with Crippen LogP contribution in [0.1, 0.15) is 48.9 Å². The number of nitrogens with zero attached hydrogens (tertiary/aromatic N) is 2. The predicted octanol–water partition coefficient (Wildman–Crippen LogP) is 2.21. The average molecular weight is 261 g/mol. The summed E-state index contributed by atoms with van der Waals surface area (Å²) in [7, 11) is 0. The first-order chi connectivity index (χ1) is 9.33. The molecular formula is C15H23N3O. The molecule has 4 heteroatoms. The van der Waals surface area contributed by atoms with Crippen molar-refractivity contribution < 1.29 is 4.79 Å². The monoisotopic (exact) mass is 261 g/mol. The third kappa shape index (κ3) is 3.77. The van der Waals surface area contributed by atoms with Crippen molar-refractivity contribution in [3.63, 3.8) is 0 Å². The van der Waals surface area contributed by atoms with Gasteiger partial charge in [-0.25, -0.2) is 0 Å². The fourth-order valence-electron chi connectivity index (χ4n) is 2.76. The zero-order valence-electron chi connectivity index (χ0n) is 11.4. The topological polar surface area (TPSA) is 59.2 Å². The van der Waals surface area contributed by atoms with E-state index in [1.165, 1.54) is 19.3 Å². The molecule has 0 aliphatic heterocycles. The van der Waals surface area contributed by atoms with Crippen LogP contribution in [0.2, 0.25) is 0 Å². The first-order valence-electron chi connectivity index (χ1n) is 7.24. The number of aromatic nitrogens is 1. The maximum Gasteiger partial charge on any atom is 0.255 e. The minimum Gasteiger partial charge on any atom is -0.336 e. The highest BCUT2D eigenvalue weighted by Crippen LogP contribution is 2.24. The molecule has 1 aliphatic rings. The summed E-state index contributed by atoms with van der Waals surface area (Å²) in [5, 5.41) is 0. The van der Waals surface area contributed by atoms with Gasteiger partial charge in [0, 0.05) is 25.0 Å². The second kappa shape index (κ2) is 7.24. The van der Waals surface area contributed by atoms with Gasteiger partial charge in [-0.1, -0.05) is 19.3 Å². The average Bonchev–Trinajstić information content (AvgIpc) is 2.49. The molecule has 2 rings (SSSR count). The van der Waals surface area contributed by atoms with Crippen LogP contribution in [0.5, 0.6) is 0 Å². The Morgan fingerprint density at radius 1 is 1.37 bits per heavy atom. The summed E-state index contributed by atoms with van der Waals surface area (Å²) in [6, 6.07) is 4.04. The van der Waals surface area contributed by atoms with Gasteiger partial charge in [-0.15, -0.1) is 0 Å². The van der Waals surface area contributed by atoms with Crippen LogP contribution in [0.15, 0.2) is 24.5 Å². The number of rotatable bonds is 5. The van der Waals surface area contributed by atoms with Crippen LogP contribution in [-0.2, 0) is 0 Å². The molecule has 0 atom stereocenters. The number of nitrogens with two attached hydrogens (primary N) is 1. The van der Waals surface area contributed by atoms with Gasteiger partial charge in [-0.3, -0.25) is 9.78 Å². The Bertz CT molecular complexity index is 388. The molecule has 0 radical (unpaired) electrons. The van der Waals surface area contributed by atoms with Crippen molar-refractivity contribution in [2.24, 2.45) is 5.73 Å². The summed E-state index contributed by atoms with van der Waals surface area (Å²) >= 11 is 0. The zero-order valence-corrected chi connectivity index (χ0v) is 11.4. The Morgan fingerprint density at radius 2 is 2.16 bits per heavy atom. The van der Waals surface area contributed by atoms with E-state index in [4.69, 9.17) is 5.73 Å². The summed E-state index contributed by atoms with van der Waals surface area (Å²) in [5.74, 6) is 0.105. The van der Waals surface area contributed by atoms with Crippen molar-refractivity contribution in [1.29, 1.82) is 0 Å². The molecule has 0 saturated heterocycles. The molecule has 2 N–H and O–H groups in total. The molecule has 0 unspecified atom stereocenters. The van der Waals surface area contributed by atoms with Crippen LogP contribution in [0.25, 0.3) is 0 Å². The summed E-state index contributed by atoms with van der Waals surface area (Å²) in [6.45, 7) is 1.39. The van der Waals surface area contributed by atoms with Gasteiger partial charge in [-0.05, 0) is 37.9 Å². The van der Waals surface area contributed by atoms with E-state index in [1.807, 2.05) is 17.0 Å². The van der Waals surface area contributed by atoms with E-state index in [1.54, 1.807) is 12.4 Å². The molecule has 0 aromatic carbocycles. The highest BCUT2D eigenvalue weighted by atomic mass is 16.2. The van der Waals surface area contributed by atoms with Crippen LogP contribution in [0, 0.1) is 0 Å². The van der Waals surface area contributed by atoms with E-state index >= 15 is 0 Å². The smallest absolute Gasteiger partial charge is 0.255 e. The quantitative estimate of drug-likeness (QED) is 0.884. The van der Waals surface area contributed by atoms with Crippen LogP contribution in [-0.4, -0.2) is 34.9 Å². The molecule has 1 aromatic rings. The number of hydrogen-bond acceptors (Lipinski definition) is 3. The molecule has 1 saturated carbocycles. The van der Waals surface area contributed by atoms with E-state index in [0.29, 0.717) is 18.2 Å². The Kier molecular flexibility index (Phi) is 5.33. The molecule has 1 heterocycles. The maximum atomic E-state index is 12.6. The lowest BCUT2D eigenvalue weighted by Gasteiger charge is -2.34. The number of hydrogen-bond donors (Lipinski definition) is 1. The highest BCUT2D eigenvalue weighted by Gasteiger charge is 2.25. The van der Waals surface area contributed by atoms with Gasteiger partial charge < -0.3 is 10.6 Å². The molecule has 1 amide bonds. The Balaban J connectivity index is 2.09. The summed E-state index contributed by atoms with van der Waals surface area (Å²) < 4.78 is 0. The molecule has 0 bridgehead atoms. The number of carbonyl (C=O) groups excluding carboxylic acids is 1. The van der Waals surface area contributed by atoms with Crippen molar-refractivity contribution in [2.75, 3.05) is 13.1 Å². The largest absolute Gasteiger partial charge is 0.336 e. The van der Waals surface area contributed by atoms with Crippen molar-refractivity contribution in [2.45, 2.75) is 44.6 Å². The molecular weight excluding hydrogens is 238 g/mol. The molecule has 0 spiro atoms. The lowest BCUT2D eigenvalue weighted by molar-refractivity contribution is 0.0632. The van der Waals surface area contributed by atoms with Crippen LogP contribution in [0.3, 0.4) is 0 Å². The molecule has 1 fully saturated rings. The molecule has 1 aromatic heterocycles. The molecule has 4 nitrogen and oxygen atoms in total. The van der Waals surface area contributed by atoms with E-state index < -0.39 is 0 Å². The number of carbonyl (C=O) groups is 1. The second-order valence-electron chi connectivity index (χ2n) is 5.17. The third-order valence-corrected chi connectivity index (χ3v) is 3.79. The van der Waals surface area contributed by atoms with E-state index in [-0.39, 0.29) is 5.91 Å². The Labute approximate surface area is 115 Å². The normalized spacial score (nSPS) is 16.3. The van der Waals surface area contributed by atoms with Crippen molar-refractivity contribution in [3.05, 3.63) is 30.1 Å². The predicted molar refractivity (Wildman–Crippen MR) is 75.8 cm³/mol. The minimum absolute atomic E-state index is 0.105. The molecule has 1 aliphatic carbocycles. The molecule has 19 heavy (non-hydrogen) atoms. The van der Waals surface area contributed by atoms with Gasteiger partial charge in [0.05, 0.1) is 5.56 Å². The third-order valence-electron chi connectivity index (χ3n) is 3.79.